The molecular weight excluding hydrogens is 164 g/mol. The van der Waals surface area contributed by atoms with Gasteiger partial charge in [-0.25, -0.2) is 0 Å². The smallest absolute Gasteiger partial charge is 0.128 e. The lowest BCUT2D eigenvalue weighted by atomic mass is 10.1. The second-order valence-corrected chi connectivity index (χ2v) is 2.78. The summed E-state index contributed by atoms with van der Waals surface area (Å²) in [5.41, 5.74) is 6.44. The minimum Gasteiger partial charge on any atom is -0.496 e. The molecule has 0 bridgehead atoms. The molecule has 0 fully saturated rings. The highest BCUT2D eigenvalue weighted by Crippen LogP contribution is 2.27. The van der Waals surface area contributed by atoms with E-state index in [1.807, 2.05) is 18.2 Å². The molecule has 0 aliphatic carbocycles. The Morgan fingerprint density at radius 3 is 2.85 bits per heavy atom. The van der Waals surface area contributed by atoms with Gasteiger partial charge in [0.2, 0.25) is 0 Å². The molecule has 1 heterocycles. The molecule has 1 aromatic heterocycles. The van der Waals surface area contributed by atoms with Crippen LogP contribution in [0, 0.1) is 0 Å². The highest BCUT2D eigenvalue weighted by molar-refractivity contribution is 5.95. The van der Waals surface area contributed by atoms with Crippen LogP contribution >= 0.6 is 0 Å². The van der Waals surface area contributed by atoms with Gasteiger partial charge in [0.05, 0.1) is 19.0 Å². The van der Waals surface area contributed by atoms with Crippen LogP contribution in [0.3, 0.4) is 0 Å². The van der Waals surface area contributed by atoms with Crippen molar-refractivity contribution in [2.45, 2.75) is 0 Å². The first kappa shape index (κ1) is 7.86. The number of nitrogens with zero attached hydrogens (tertiary/aromatic N) is 1. The average molecular weight is 174 g/mol. The van der Waals surface area contributed by atoms with E-state index in [2.05, 4.69) is 4.98 Å². The number of hydrogen-bond acceptors (Lipinski definition) is 3. The van der Waals surface area contributed by atoms with E-state index in [-0.39, 0.29) is 0 Å². The summed E-state index contributed by atoms with van der Waals surface area (Å²) in [7, 11) is 1.64. The summed E-state index contributed by atoms with van der Waals surface area (Å²) in [6.45, 7) is 0. The van der Waals surface area contributed by atoms with Gasteiger partial charge in [0.15, 0.2) is 0 Å². The lowest BCUT2D eigenvalue weighted by Crippen LogP contribution is -1.90. The first-order valence-corrected chi connectivity index (χ1v) is 3.99. The lowest BCUT2D eigenvalue weighted by Gasteiger charge is -2.05. The third kappa shape index (κ3) is 1.18. The number of fused-ring (bicyclic) bond motifs is 1. The van der Waals surface area contributed by atoms with Gasteiger partial charge in [-0.15, -0.1) is 0 Å². The molecule has 0 radical (unpaired) electrons. The Morgan fingerprint density at radius 2 is 2.08 bits per heavy atom. The first-order valence-electron chi connectivity index (χ1n) is 3.99. The minimum absolute atomic E-state index is 0.677. The summed E-state index contributed by atoms with van der Waals surface area (Å²) in [6.07, 6.45) is 3.40. The quantitative estimate of drug-likeness (QED) is 0.717. The Kier molecular flexibility index (Phi) is 1.77. The molecule has 0 saturated heterocycles. The number of benzene rings is 1. The highest BCUT2D eigenvalue weighted by Gasteiger charge is 2.02. The molecule has 2 N–H and O–H groups in total. The Morgan fingerprint density at radius 1 is 1.23 bits per heavy atom. The molecule has 3 nitrogen and oxygen atoms in total. The van der Waals surface area contributed by atoms with Crippen LogP contribution < -0.4 is 10.5 Å². The van der Waals surface area contributed by atoms with Gasteiger partial charge in [0, 0.05) is 17.0 Å². The molecule has 0 saturated carbocycles. The number of nitrogens with two attached hydrogens (primary N) is 1. The highest BCUT2D eigenvalue weighted by atomic mass is 16.5. The van der Waals surface area contributed by atoms with Crippen LogP contribution in [0.2, 0.25) is 0 Å². The van der Waals surface area contributed by atoms with Gasteiger partial charge in [0.25, 0.3) is 0 Å². The van der Waals surface area contributed by atoms with Crippen molar-refractivity contribution in [2.24, 2.45) is 0 Å². The van der Waals surface area contributed by atoms with E-state index in [1.54, 1.807) is 19.5 Å². The predicted molar refractivity (Wildman–Crippen MR) is 52.7 cm³/mol. The average Bonchev–Trinajstić information content (AvgIpc) is 2.18. The van der Waals surface area contributed by atoms with E-state index in [0.29, 0.717) is 5.69 Å². The van der Waals surface area contributed by atoms with Crippen LogP contribution in [0.25, 0.3) is 10.8 Å². The van der Waals surface area contributed by atoms with Gasteiger partial charge in [-0.05, 0) is 6.07 Å². The van der Waals surface area contributed by atoms with Crippen molar-refractivity contribution < 1.29 is 4.74 Å². The van der Waals surface area contributed by atoms with E-state index in [0.717, 1.165) is 16.5 Å². The van der Waals surface area contributed by atoms with Crippen molar-refractivity contribution in [1.82, 2.24) is 4.98 Å². The molecule has 0 aliphatic heterocycles. The molecule has 0 unspecified atom stereocenters. The molecule has 3 heteroatoms. The number of ether oxygens (including phenoxy) is 1. The Bertz CT molecular complexity index is 440. The van der Waals surface area contributed by atoms with Gasteiger partial charge in [-0.2, -0.15) is 0 Å². The number of pyridine rings is 1. The van der Waals surface area contributed by atoms with Crippen LogP contribution in [-0.4, -0.2) is 12.1 Å². The maximum absolute atomic E-state index is 5.76. The largest absolute Gasteiger partial charge is 0.496 e. The SMILES string of the molecule is COc1cccc2c(N)cncc12. The predicted octanol–water partition coefficient (Wildman–Crippen LogP) is 1.83. The normalized spacial score (nSPS) is 10.2. The maximum atomic E-state index is 5.76. The number of hydrogen-bond donors (Lipinski definition) is 1. The summed E-state index contributed by atoms with van der Waals surface area (Å²) < 4.78 is 5.19. The third-order valence-corrected chi connectivity index (χ3v) is 2.01. The summed E-state index contributed by atoms with van der Waals surface area (Å²) in [4.78, 5) is 4.02. The lowest BCUT2D eigenvalue weighted by molar-refractivity contribution is 0.419. The summed E-state index contributed by atoms with van der Waals surface area (Å²) in [5.74, 6) is 0.803. The minimum atomic E-state index is 0.677. The Hall–Kier alpha value is -1.77. The van der Waals surface area contributed by atoms with Crippen molar-refractivity contribution >= 4 is 16.5 Å². The van der Waals surface area contributed by atoms with Crippen LogP contribution in [0.1, 0.15) is 0 Å². The Balaban J connectivity index is 2.84. The molecule has 66 valence electrons. The number of nitrogen functional groups attached to an aromatic ring is 1. The zero-order valence-electron chi connectivity index (χ0n) is 7.32. The van der Waals surface area contributed by atoms with Crippen LogP contribution in [0.5, 0.6) is 5.75 Å². The molecule has 13 heavy (non-hydrogen) atoms. The summed E-state index contributed by atoms with van der Waals surface area (Å²) >= 11 is 0. The fourth-order valence-corrected chi connectivity index (χ4v) is 1.37. The number of anilines is 1. The van der Waals surface area contributed by atoms with E-state index >= 15 is 0 Å². The molecular formula is C10H10N2O. The van der Waals surface area contributed by atoms with Gasteiger partial charge < -0.3 is 10.5 Å². The van der Waals surface area contributed by atoms with Gasteiger partial charge in [0.1, 0.15) is 5.75 Å². The number of methoxy groups -OCH3 is 1. The van der Waals surface area contributed by atoms with Crippen molar-refractivity contribution in [2.75, 3.05) is 12.8 Å². The van der Waals surface area contributed by atoms with Crippen molar-refractivity contribution in [1.29, 1.82) is 0 Å². The fraction of sp³-hybridized carbons (Fsp3) is 0.100. The molecule has 0 atom stereocenters. The van der Waals surface area contributed by atoms with Crippen LogP contribution in [0.4, 0.5) is 5.69 Å². The molecule has 0 aliphatic rings. The summed E-state index contributed by atoms with van der Waals surface area (Å²) in [6, 6.07) is 5.76. The number of rotatable bonds is 1. The van der Waals surface area contributed by atoms with E-state index in [9.17, 15) is 0 Å². The fourth-order valence-electron chi connectivity index (χ4n) is 1.37. The molecule has 0 amide bonds. The number of aromatic nitrogens is 1. The van der Waals surface area contributed by atoms with E-state index < -0.39 is 0 Å². The third-order valence-electron chi connectivity index (χ3n) is 2.01. The van der Waals surface area contributed by atoms with Crippen LogP contribution in [-0.2, 0) is 0 Å². The zero-order chi connectivity index (χ0) is 9.26. The van der Waals surface area contributed by atoms with Crippen LogP contribution in [0.15, 0.2) is 30.6 Å². The van der Waals surface area contributed by atoms with E-state index in [4.69, 9.17) is 10.5 Å². The standard InChI is InChI=1S/C10H10N2O/c1-13-10-4-2-3-7-8(10)5-12-6-9(7)11/h2-6H,11H2,1H3. The molecule has 2 rings (SSSR count). The van der Waals surface area contributed by atoms with Gasteiger partial charge in [-0.3, -0.25) is 4.98 Å². The first-order chi connectivity index (χ1) is 6.33. The zero-order valence-corrected chi connectivity index (χ0v) is 7.32. The maximum Gasteiger partial charge on any atom is 0.128 e. The van der Waals surface area contributed by atoms with Crippen molar-refractivity contribution in [3.63, 3.8) is 0 Å². The molecule has 1 aromatic carbocycles. The van der Waals surface area contributed by atoms with Gasteiger partial charge in [-0.1, -0.05) is 12.1 Å². The van der Waals surface area contributed by atoms with Crippen molar-refractivity contribution in [3.05, 3.63) is 30.6 Å². The van der Waals surface area contributed by atoms with Crippen molar-refractivity contribution in [3.8, 4) is 5.75 Å². The Labute approximate surface area is 76.2 Å². The van der Waals surface area contributed by atoms with E-state index in [1.165, 1.54) is 0 Å². The molecule has 0 spiro atoms. The monoisotopic (exact) mass is 174 g/mol. The summed E-state index contributed by atoms with van der Waals surface area (Å²) in [5, 5.41) is 1.93. The topological polar surface area (TPSA) is 48.1 Å². The second-order valence-electron chi connectivity index (χ2n) is 2.78. The second kappa shape index (κ2) is 2.94. The molecule has 2 aromatic rings. The van der Waals surface area contributed by atoms with Gasteiger partial charge >= 0.3 is 0 Å².